The molecule has 0 aliphatic carbocycles. The molecule has 0 aliphatic heterocycles. The van der Waals surface area contributed by atoms with Crippen molar-refractivity contribution in [1.82, 2.24) is 24.0 Å². The van der Waals surface area contributed by atoms with Crippen molar-refractivity contribution >= 4 is 38.3 Å². The molecule has 0 saturated carbocycles. The Hall–Kier alpha value is -3.25. The maximum absolute atomic E-state index is 14.0. The van der Waals surface area contributed by atoms with Gasteiger partial charge in [0.25, 0.3) is 10.0 Å². The van der Waals surface area contributed by atoms with Crippen LogP contribution in [0.5, 0.6) is 0 Å². The van der Waals surface area contributed by atoms with E-state index in [1.54, 1.807) is 0 Å². The van der Waals surface area contributed by atoms with Gasteiger partial charge in [-0.25, -0.2) is 9.07 Å². The van der Waals surface area contributed by atoms with Crippen molar-refractivity contribution in [2.24, 2.45) is 0 Å². The van der Waals surface area contributed by atoms with Crippen molar-refractivity contribution in [3.8, 4) is 0 Å². The Morgan fingerprint density at radius 2 is 2.00 bits per heavy atom. The van der Waals surface area contributed by atoms with Gasteiger partial charge in [-0.05, 0) is 25.1 Å². The molecular weight excluding hydrogens is 471 g/mol. The number of hydrogen-bond acceptors (Lipinski definition) is 6. The Labute approximate surface area is 184 Å². The van der Waals surface area contributed by atoms with E-state index < -0.39 is 33.1 Å². The lowest BCUT2D eigenvalue weighted by Gasteiger charge is -2.07. The molecule has 3 heterocycles. The highest BCUT2D eigenvalue weighted by molar-refractivity contribution is 7.90. The first-order valence-electron chi connectivity index (χ1n) is 8.99. The molecule has 0 unspecified atom stereocenters. The van der Waals surface area contributed by atoms with Crippen molar-refractivity contribution in [3.05, 3.63) is 70.6 Å². The fourth-order valence-electron chi connectivity index (χ4n) is 3.16. The molecule has 0 saturated heterocycles. The average molecular weight is 484 g/mol. The number of hydrogen-bond donors (Lipinski definition) is 0. The summed E-state index contributed by atoms with van der Waals surface area (Å²) in [7, 11) is -4.38. The third-order valence-electron chi connectivity index (χ3n) is 4.64. The third kappa shape index (κ3) is 3.75. The molecule has 0 radical (unpaired) electrons. The fourth-order valence-corrected chi connectivity index (χ4v) is 4.85. The number of Topliss-reactive ketones (excluding diaryl/α,β-unsaturated/α-hetero) is 1. The zero-order valence-electron chi connectivity index (χ0n) is 16.2. The summed E-state index contributed by atoms with van der Waals surface area (Å²) in [5.41, 5.74) is -0.231. The number of rotatable bonds is 6. The van der Waals surface area contributed by atoms with Crippen LogP contribution in [-0.4, -0.2) is 38.2 Å². The first kappa shape index (κ1) is 22.0. The van der Waals surface area contributed by atoms with Crippen LogP contribution in [0.1, 0.15) is 28.3 Å². The van der Waals surface area contributed by atoms with Crippen molar-refractivity contribution in [3.63, 3.8) is 0 Å². The Balaban J connectivity index is 1.74. The topological polar surface area (TPSA) is 99.7 Å². The highest BCUT2D eigenvalue weighted by atomic mass is 35.5. The summed E-state index contributed by atoms with van der Waals surface area (Å²) in [6, 6.07) is 5.14. The van der Waals surface area contributed by atoms with E-state index in [0.717, 1.165) is 6.07 Å². The number of alkyl halides is 2. The molecule has 0 fully saturated rings. The number of ketones is 1. The highest BCUT2D eigenvalue weighted by Crippen LogP contribution is 2.25. The van der Waals surface area contributed by atoms with Crippen LogP contribution >= 0.6 is 11.6 Å². The summed E-state index contributed by atoms with van der Waals surface area (Å²) < 4.78 is 66.9. The van der Waals surface area contributed by atoms with Gasteiger partial charge in [0, 0.05) is 11.6 Å². The standard InChI is InChI=1S/C19H13ClF3N5O3S/c1-10-17(9-27(26-10)19(22)23)32(30,31)28-15-5-12(24-7-11(15)8-25-28)6-16(29)18-13(20)3-2-4-14(18)21/h2-5,7-9,19H,6H2,1H3. The smallest absolute Gasteiger partial charge is 0.294 e. The number of nitrogens with zero attached hydrogens (tertiary/aromatic N) is 5. The second-order valence-corrected chi connectivity index (χ2v) is 8.90. The van der Waals surface area contributed by atoms with E-state index in [-0.39, 0.29) is 38.6 Å². The van der Waals surface area contributed by atoms with Crippen LogP contribution in [0.15, 0.2) is 47.8 Å². The van der Waals surface area contributed by atoms with Crippen LogP contribution < -0.4 is 0 Å². The summed E-state index contributed by atoms with van der Waals surface area (Å²) >= 11 is 5.92. The molecule has 8 nitrogen and oxygen atoms in total. The predicted molar refractivity (Wildman–Crippen MR) is 108 cm³/mol. The van der Waals surface area contributed by atoms with E-state index in [2.05, 4.69) is 15.2 Å². The Morgan fingerprint density at radius 3 is 2.66 bits per heavy atom. The van der Waals surface area contributed by atoms with Gasteiger partial charge in [0.05, 0.1) is 46.3 Å². The molecule has 0 atom stereocenters. The SMILES string of the molecule is Cc1nn(C(F)F)cc1S(=O)(=O)n1ncc2cnc(CC(=O)c3c(F)cccc3Cl)cc21. The minimum atomic E-state index is -4.38. The van der Waals surface area contributed by atoms with Crippen LogP contribution in [0.25, 0.3) is 10.9 Å². The molecule has 166 valence electrons. The van der Waals surface area contributed by atoms with E-state index in [1.807, 2.05) is 0 Å². The fraction of sp³-hybridized carbons (Fsp3) is 0.158. The number of aromatic nitrogens is 5. The molecule has 3 aromatic heterocycles. The Kier molecular flexibility index (Phi) is 5.51. The zero-order chi connectivity index (χ0) is 23.2. The molecule has 0 aliphatic rings. The second-order valence-electron chi connectivity index (χ2n) is 6.76. The molecule has 4 rings (SSSR count). The summed E-state index contributed by atoms with van der Waals surface area (Å²) in [4.78, 5) is 16.2. The van der Waals surface area contributed by atoms with E-state index in [1.165, 1.54) is 37.5 Å². The monoisotopic (exact) mass is 483 g/mol. The van der Waals surface area contributed by atoms with Crippen molar-refractivity contribution < 1.29 is 26.4 Å². The molecule has 1 aromatic carbocycles. The number of benzene rings is 1. The average Bonchev–Trinajstić information content (AvgIpc) is 3.32. The van der Waals surface area contributed by atoms with Gasteiger partial charge in [0.1, 0.15) is 10.7 Å². The van der Waals surface area contributed by atoms with Gasteiger partial charge in [0.2, 0.25) is 0 Å². The lowest BCUT2D eigenvalue weighted by atomic mass is 10.1. The summed E-state index contributed by atoms with van der Waals surface area (Å²) in [5.74, 6) is -1.44. The van der Waals surface area contributed by atoms with Crippen molar-refractivity contribution in [2.45, 2.75) is 24.8 Å². The number of aryl methyl sites for hydroxylation is 1. The molecule has 32 heavy (non-hydrogen) atoms. The van der Waals surface area contributed by atoms with Gasteiger partial charge < -0.3 is 0 Å². The first-order valence-corrected chi connectivity index (χ1v) is 10.8. The molecule has 0 spiro atoms. The van der Waals surface area contributed by atoms with Gasteiger partial charge in [-0.2, -0.15) is 31.5 Å². The third-order valence-corrected chi connectivity index (χ3v) is 6.65. The lowest BCUT2D eigenvalue weighted by Crippen LogP contribution is -2.15. The number of pyridine rings is 1. The summed E-state index contributed by atoms with van der Waals surface area (Å²) in [6.45, 7) is -1.74. The quantitative estimate of drug-likeness (QED) is 0.387. The molecule has 13 heteroatoms. The summed E-state index contributed by atoms with van der Waals surface area (Å²) in [5, 5.41) is 7.62. The van der Waals surface area contributed by atoms with Gasteiger partial charge in [-0.1, -0.05) is 17.7 Å². The van der Waals surface area contributed by atoms with E-state index in [0.29, 0.717) is 15.7 Å². The van der Waals surface area contributed by atoms with Crippen LogP contribution in [-0.2, 0) is 16.4 Å². The minimum Gasteiger partial charge on any atom is -0.294 e. The zero-order valence-corrected chi connectivity index (χ0v) is 17.8. The molecule has 0 bridgehead atoms. The van der Waals surface area contributed by atoms with E-state index in [4.69, 9.17) is 11.6 Å². The van der Waals surface area contributed by atoms with Crippen LogP contribution in [0.2, 0.25) is 5.02 Å². The number of carbonyl (C=O) groups excluding carboxylic acids is 1. The van der Waals surface area contributed by atoms with E-state index >= 15 is 0 Å². The van der Waals surface area contributed by atoms with Gasteiger partial charge >= 0.3 is 6.55 Å². The normalized spacial score (nSPS) is 12.1. The van der Waals surface area contributed by atoms with Gasteiger partial charge in [-0.3, -0.25) is 9.78 Å². The minimum absolute atomic E-state index is 0.0600. The van der Waals surface area contributed by atoms with Crippen LogP contribution in [0, 0.1) is 12.7 Å². The second kappa shape index (κ2) is 8.02. The van der Waals surface area contributed by atoms with Crippen LogP contribution in [0.3, 0.4) is 0 Å². The molecule has 0 amide bonds. The van der Waals surface area contributed by atoms with Gasteiger partial charge in [0.15, 0.2) is 5.78 Å². The number of halogens is 4. The highest BCUT2D eigenvalue weighted by Gasteiger charge is 2.27. The molecule has 4 aromatic rings. The lowest BCUT2D eigenvalue weighted by molar-refractivity contribution is 0.0561. The summed E-state index contributed by atoms with van der Waals surface area (Å²) in [6.07, 6.45) is 2.89. The van der Waals surface area contributed by atoms with Crippen LogP contribution in [0.4, 0.5) is 13.2 Å². The maximum atomic E-state index is 14.0. The number of carbonyl (C=O) groups is 1. The van der Waals surface area contributed by atoms with Gasteiger partial charge in [-0.15, -0.1) is 0 Å². The molecule has 0 N–H and O–H groups in total. The maximum Gasteiger partial charge on any atom is 0.333 e. The Morgan fingerprint density at radius 1 is 1.25 bits per heavy atom. The van der Waals surface area contributed by atoms with Crippen molar-refractivity contribution in [1.29, 1.82) is 0 Å². The van der Waals surface area contributed by atoms with Crippen molar-refractivity contribution in [2.75, 3.05) is 0 Å². The van der Waals surface area contributed by atoms with E-state index in [9.17, 15) is 26.4 Å². The molecular formula is C19H13ClF3N5O3S. The Bertz CT molecular complexity index is 1450. The number of fused-ring (bicyclic) bond motifs is 1. The predicted octanol–water partition coefficient (Wildman–Crippen LogP) is 3.79. The first-order chi connectivity index (χ1) is 15.1. The largest absolute Gasteiger partial charge is 0.333 e.